The van der Waals surface area contributed by atoms with Gasteiger partial charge in [-0.2, -0.15) is 0 Å². The maximum atomic E-state index is 10.8. The molecule has 1 rings (SSSR count). The van der Waals surface area contributed by atoms with Crippen LogP contribution in [0.1, 0.15) is 14.6 Å². The fourth-order valence-corrected chi connectivity index (χ4v) is 0.462. The van der Waals surface area contributed by atoms with E-state index in [0.717, 1.165) is 6.20 Å². The molecule has 0 saturated carbocycles. The molecule has 0 atom stereocenters. The van der Waals surface area contributed by atoms with Crippen LogP contribution in [0.4, 0.5) is 0 Å². The molecule has 0 radical (unpaired) electrons. The number of aromatic nitrogens is 3. The van der Waals surface area contributed by atoms with E-state index in [-0.39, 0.29) is 5.69 Å². The molecule has 1 heterocycles. The summed E-state index contributed by atoms with van der Waals surface area (Å²) in [6, 6.07) is 0. The topological polar surface area (TPSA) is 57.0 Å². The second-order valence-corrected chi connectivity index (χ2v) is 1.54. The predicted molar refractivity (Wildman–Crippen MR) is 32.3 cm³/mol. The Kier molecular flexibility index (Phi) is 0.912. The molecule has 0 aliphatic heterocycles. The van der Waals surface area contributed by atoms with Crippen LogP contribution in [-0.4, -0.2) is 28.1 Å². The van der Waals surface area contributed by atoms with Gasteiger partial charge in [0.25, 0.3) is 0 Å². The molecule has 5 heteroatoms. The minimum atomic E-state index is -2.42. The van der Waals surface area contributed by atoms with Crippen LogP contribution < -0.4 is 0 Å². The van der Waals surface area contributed by atoms with Crippen LogP contribution in [0.15, 0.2) is 6.20 Å². The number of carbonyl (C=O) groups is 1. The Hall–Kier alpha value is -1.39. The molecule has 0 bridgehead atoms. The molecule has 5 nitrogen and oxygen atoms in total. The first-order valence-electron chi connectivity index (χ1n) is 3.96. The van der Waals surface area contributed by atoms with Gasteiger partial charge in [-0.15, -0.1) is 5.10 Å². The molecule has 0 saturated heterocycles. The molecule has 10 heavy (non-hydrogen) atoms. The zero-order valence-corrected chi connectivity index (χ0v) is 5.24. The molecular formula is C5H7N3O2. The van der Waals surface area contributed by atoms with Gasteiger partial charge >= 0.3 is 5.97 Å². The lowest BCUT2D eigenvalue weighted by Crippen LogP contribution is -2.00. The SMILES string of the molecule is [2H]C([2H])([2H])n1cc(C(=O)OC)nn1. The van der Waals surface area contributed by atoms with Gasteiger partial charge in [0.15, 0.2) is 5.69 Å². The molecule has 1 aromatic rings. The van der Waals surface area contributed by atoms with E-state index >= 15 is 0 Å². The standard InChI is InChI=1S/C5H7N3O2/c1-8-3-4(6-7-8)5(9)10-2/h3H,1-2H3/i1D3. The van der Waals surface area contributed by atoms with Gasteiger partial charge in [-0.3, -0.25) is 4.68 Å². The Morgan fingerprint density at radius 3 is 3.30 bits per heavy atom. The highest BCUT2D eigenvalue weighted by atomic mass is 16.5. The first-order valence-corrected chi connectivity index (χ1v) is 2.46. The molecule has 0 aliphatic carbocycles. The van der Waals surface area contributed by atoms with Crippen LogP contribution in [0.25, 0.3) is 0 Å². The highest BCUT2D eigenvalue weighted by molar-refractivity contribution is 5.86. The van der Waals surface area contributed by atoms with Crippen molar-refractivity contribution in [3.05, 3.63) is 11.9 Å². The highest BCUT2D eigenvalue weighted by Crippen LogP contribution is 1.92. The third-order valence-electron chi connectivity index (χ3n) is 0.888. The molecular weight excluding hydrogens is 134 g/mol. The van der Waals surface area contributed by atoms with E-state index < -0.39 is 12.9 Å². The van der Waals surface area contributed by atoms with Gasteiger partial charge in [0.2, 0.25) is 0 Å². The van der Waals surface area contributed by atoms with Gasteiger partial charge in [0.05, 0.1) is 13.3 Å². The first kappa shape index (κ1) is 3.70. The summed E-state index contributed by atoms with van der Waals surface area (Å²) in [5.74, 6) is -0.713. The van der Waals surface area contributed by atoms with Crippen molar-refractivity contribution < 1.29 is 13.6 Å². The summed E-state index contributed by atoms with van der Waals surface area (Å²) in [6.07, 6.45) is 1.01. The number of aryl methyl sites for hydroxylation is 1. The number of hydrogen-bond donors (Lipinski definition) is 0. The second kappa shape index (κ2) is 2.47. The third-order valence-corrected chi connectivity index (χ3v) is 0.888. The van der Waals surface area contributed by atoms with Crippen LogP contribution >= 0.6 is 0 Å². The van der Waals surface area contributed by atoms with Crippen molar-refractivity contribution in [1.82, 2.24) is 15.0 Å². The molecule has 0 aromatic carbocycles. The van der Waals surface area contributed by atoms with Crippen molar-refractivity contribution >= 4 is 5.97 Å². The summed E-state index contributed by atoms with van der Waals surface area (Å²) in [7, 11) is 1.18. The Labute approximate surface area is 61.8 Å². The van der Waals surface area contributed by atoms with Gasteiger partial charge < -0.3 is 4.74 Å². The fourth-order valence-electron chi connectivity index (χ4n) is 0.462. The zero-order chi connectivity index (χ0) is 10.1. The summed E-state index contributed by atoms with van der Waals surface area (Å²) in [4.78, 5) is 10.8. The van der Waals surface area contributed by atoms with E-state index in [1.54, 1.807) is 0 Å². The van der Waals surface area contributed by atoms with Crippen LogP contribution in [0.5, 0.6) is 0 Å². The van der Waals surface area contributed by atoms with Crippen molar-refractivity contribution in [3.8, 4) is 0 Å². The number of methoxy groups -OCH3 is 1. The van der Waals surface area contributed by atoms with Gasteiger partial charge in [-0.05, 0) is 0 Å². The second-order valence-electron chi connectivity index (χ2n) is 1.54. The molecule has 54 valence electrons. The van der Waals surface area contributed by atoms with Crippen LogP contribution in [0.3, 0.4) is 0 Å². The lowest BCUT2D eigenvalue weighted by atomic mass is 10.5. The third kappa shape index (κ3) is 1.12. The smallest absolute Gasteiger partial charge is 0.360 e. The average Bonchev–Trinajstić information content (AvgIpc) is 2.50. The lowest BCUT2D eigenvalue weighted by Gasteiger charge is -1.88. The Morgan fingerprint density at radius 1 is 2.00 bits per heavy atom. The predicted octanol–water partition coefficient (Wildman–Crippen LogP) is -0.398. The maximum Gasteiger partial charge on any atom is 0.360 e. The summed E-state index contributed by atoms with van der Waals surface area (Å²) in [6.45, 7) is -2.42. The first-order chi connectivity index (χ1) is 5.95. The number of hydrogen-bond acceptors (Lipinski definition) is 4. The van der Waals surface area contributed by atoms with Gasteiger partial charge in [0, 0.05) is 11.1 Å². The van der Waals surface area contributed by atoms with Crippen molar-refractivity contribution in [2.45, 2.75) is 0 Å². The normalized spacial score (nSPS) is 15.1. The molecule has 0 fully saturated rings. The molecule has 0 spiro atoms. The van der Waals surface area contributed by atoms with Gasteiger partial charge in [0.1, 0.15) is 0 Å². The van der Waals surface area contributed by atoms with E-state index in [0.29, 0.717) is 4.68 Å². The minimum absolute atomic E-state index is 0.126. The number of rotatable bonds is 1. The number of ether oxygens (including phenoxy) is 1. The van der Waals surface area contributed by atoms with Crippen molar-refractivity contribution in [3.63, 3.8) is 0 Å². The van der Waals surface area contributed by atoms with E-state index in [1.165, 1.54) is 7.11 Å². The van der Waals surface area contributed by atoms with E-state index in [4.69, 9.17) is 4.11 Å². The molecule has 0 aliphatic rings. The van der Waals surface area contributed by atoms with E-state index in [2.05, 4.69) is 15.0 Å². The number of nitrogens with zero attached hydrogens (tertiary/aromatic N) is 3. The van der Waals surface area contributed by atoms with E-state index in [1.807, 2.05) is 0 Å². The summed E-state index contributed by atoms with van der Waals surface area (Å²) >= 11 is 0. The Bertz CT molecular complexity index is 319. The highest BCUT2D eigenvalue weighted by Gasteiger charge is 2.07. The largest absolute Gasteiger partial charge is 0.464 e. The van der Waals surface area contributed by atoms with Crippen molar-refractivity contribution in [2.75, 3.05) is 7.11 Å². The van der Waals surface area contributed by atoms with Crippen LogP contribution in [0.2, 0.25) is 0 Å². The monoisotopic (exact) mass is 144 g/mol. The summed E-state index contributed by atoms with van der Waals surface area (Å²) in [5.41, 5.74) is -0.126. The fraction of sp³-hybridized carbons (Fsp3) is 0.400. The zero-order valence-electron chi connectivity index (χ0n) is 8.24. The molecule has 0 N–H and O–H groups in total. The van der Waals surface area contributed by atoms with Crippen molar-refractivity contribution in [1.29, 1.82) is 0 Å². The van der Waals surface area contributed by atoms with Crippen LogP contribution in [-0.2, 0) is 11.7 Å². The number of carbonyl (C=O) groups excluding carboxylic acids is 1. The van der Waals surface area contributed by atoms with E-state index in [9.17, 15) is 4.79 Å². The summed E-state index contributed by atoms with van der Waals surface area (Å²) < 4.78 is 25.7. The van der Waals surface area contributed by atoms with Gasteiger partial charge in [-0.25, -0.2) is 4.79 Å². The van der Waals surface area contributed by atoms with Crippen LogP contribution in [0, 0.1) is 0 Å². The lowest BCUT2D eigenvalue weighted by molar-refractivity contribution is 0.0594. The molecule has 0 amide bonds. The molecule has 1 aromatic heterocycles. The molecule has 0 unspecified atom stereocenters. The minimum Gasteiger partial charge on any atom is -0.464 e. The summed E-state index contributed by atoms with van der Waals surface area (Å²) in [5, 5.41) is 6.59. The quantitative estimate of drug-likeness (QED) is 0.503. The number of esters is 1. The average molecular weight is 144 g/mol. The maximum absolute atomic E-state index is 10.8. The van der Waals surface area contributed by atoms with Crippen molar-refractivity contribution in [2.24, 2.45) is 6.98 Å². The Morgan fingerprint density at radius 2 is 2.80 bits per heavy atom. The van der Waals surface area contributed by atoms with Gasteiger partial charge in [-0.1, -0.05) is 5.21 Å². The Balaban J connectivity index is 2.93.